The molecule has 0 unspecified atom stereocenters. The molecular weight excluding hydrogens is 523 g/mol. The normalized spacial score (nSPS) is 13.4. The molecule has 3 aromatic heterocycles. The Hall–Kier alpha value is -1.77. The summed E-state index contributed by atoms with van der Waals surface area (Å²) < 4.78 is 7.08. The van der Waals surface area contributed by atoms with Gasteiger partial charge < -0.3 is 4.42 Å². The van der Waals surface area contributed by atoms with Crippen LogP contribution in [-0.2, 0) is 19.4 Å². The first-order valence-corrected chi connectivity index (χ1v) is 13.2. The Kier molecular flexibility index (Phi) is 6.60. The topological polar surface area (TPSA) is 65.1 Å². The lowest BCUT2D eigenvalue weighted by molar-refractivity contribution is 0.102. The number of carbonyl (C=O) groups is 1. The number of thioether (sulfide) groups is 1. The fourth-order valence-corrected chi connectivity index (χ4v) is 6.80. The molecule has 170 valence electrons. The van der Waals surface area contributed by atoms with Crippen molar-refractivity contribution in [1.29, 1.82) is 0 Å². The molecule has 0 fully saturated rings. The van der Waals surface area contributed by atoms with E-state index in [1.165, 1.54) is 16.6 Å². The number of carbonyl (C=O) groups excluding carboxylic acids is 1. The van der Waals surface area contributed by atoms with Crippen LogP contribution in [0.1, 0.15) is 39.4 Å². The van der Waals surface area contributed by atoms with Gasteiger partial charge in [-0.2, -0.15) is 0 Å². The van der Waals surface area contributed by atoms with Crippen LogP contribution in [0.25, 0.3) is 10.2 Å². The molecule has 5 nitrogen and oxygen atoms in total. The molecule has 0 radical (unpaired) electrons. The largest absolute Gasteiger partial charge is 0.467 e. The van der Waals surface area contributed by atoms with Crippen LogP contribution in [0.15, 0.2) is 44.9 Å². The molecule has 3 heterocycles. The van der Waals surface area contributed by atoms with Crippen LogP contribution >= 0.6 is 57.9 Å². The molecule has 0 N–H and O–H groups in total. The number of fused-ring (bicyclic) bond motifs is 3. The second-order valence-electron chi connectivity index (χ2n) is 7.69. The van der Waals surface area contributed by atoms with Crippen molar-refractivity contribution in [3.05, 3.63) is 77.7 Å². The summed E-state index contributed by atoms with van der Waals surface area (Å²) in [4.78, 5) is 33.3. The number of furan rings is 1. The number of rotatable bonds is 6. The van der Waals surface area contributed by atoms with Gasteiger partial charge in [0.15, 0.2) is 10.9 Å². The first kappa shape index (κ1) is 23.0. The van der Waals surface area contributed by atoms with Gasteiger partial charge in [-0.1, -0.05) is 46.6 Å². The Morgan fingerprint density at radius 2 is 1.97 bits per heavy atom. The Balaban J connectivity index is 1.53. The molecule has 0 saturated carbocycles. The third kappa shape index (κ3) is 4.37. The monoisotopic (exact) mass is 538 g/mol. The van der Waals surface area contributed by atoms with Gasteiger partial charge in [-0.15, -0.1) is 11.3 Å². The second kappa shape index (κ2) is 9.47. The summed E-state index contributed by atoms with van der Waals surface area (Å²) in [5.41, 5.74) is 1.31. The van der Waals surface area contributed by atoms with Gasteiger partial charge in [0.2, 0.25) is 0 Å². The van der Waals surface area contributed by atoms with Gasteiger partial charge in [0.1, 0.15) is 10.6 Å². The first-order valence-electron chi connectivity index (χ1n) is 10.3. The van der Waals surface area contributed by atoms with E-state index < -0.39 is 0 Å². The molecule has 0 amide bonds. The molecule has 0 saturated heterocycles. The maximum absolute atomic E-state index is 13.6. The number of nitrogens with zero attached hydrogens (tertiary/aromatic N) is 2. The van der Waals surface area contributed by atoms with Crippen molar-refractivity contribution in [1.82, 2.24) is 9.55 Å². The molecule has 1 aliphatic carbocycles. The molecule has 4 aromatic rings. The summed E-state index contributed by atoms with van der Waals surface area (Å²) in [7, 11) is 0. The zero-order valence-electron chi connectivity index (χ0n) is 17.2. The van der Waals surface area contributed by atoms with Crippen molar-refractivity contribution in [3.63, 3.8) is 0 Å². The van der Waals surface area contributed by atoms with Crippen molar-refractivity contribution in [2.24, 2.45) is 0 Å². The summed E-state index contributed by atoms with van der Waals surface area (Å²) >= 11 is 21.1. The Morgan fingerprint density at radius 3 is 2.76 bits per heavy atom. The summed E-state index contributed by atoms with van der Waals surface area (Å²) in [5, 5.41) is 1.72. The van der Waals surface area contributed by atoms with E-state index in [1.54, 1.807) is 40.4 Å². The van der Waals surface area contributed by atoms with E-state index in [9.17, 15) is 9.59 Å². The maximum atomic E-state index is 13.6. The smallest absolute Gasteiger partial charge is 0.263 e. The first-order chi connectivity index (χ1) is 15.9. The molecule has 1 aliphatic rings. The highest BCUT2D eigenvalue weighted by Crippen LogP contribution is 2.36. The number of Topliss-reactive ketones (excluding diaryl/α,β-unsaturated/α-hetero) is 1. The van der Waals surface area contributed by atoms with Gasteiger partial charge in [0, 0.05) is 10.4 Å². The number of benzene rings is 1. The highest BCUT2D eigenvalue weighted by molar-refractivity contribution is 7.99. The number of hydrogen-bond acceptors (Lipinski definition) is 6. The number of ketones is 1. The maximum Gasteiger partial charge on any atom is 0.263 e. The lowest BCUT2D eigenvalue weighted by atomic mass is 9.97. The van der Waals surface area contributed by atoms with Gasteiger partial charge in [-0.3, -0.25) is 14.2 Å². The minimum absolute atomic E-state index is 0.0405. The number of thiophene rings is 1. The van der Waals surface area contributed by atoms with E-state index in [4.69, 9.17) is 44.2 Å². The molecule has 0 atom stereocenters. The molecule has 33 heavy (non-hydrogen) atoms. The number of aryl methyl sites for hydroxylation is 2. The average molecular weight is 540 g/mol. The molecule has 0 bridgehead atoms. The van der Waals surface area contributed by atoms with Crippen LogP contribution < -0.4 is 5.56 Å². The van der Waals surface area contributed by atoms with Crippen LogP contribution in [-0.4, -0.2) is 21.1 Å². The van der Waals surface area contributed by atoms with E-state index in [2.05, 4.69) is 0 Å². The van der Waals surface area contributed by atoms with Gasteiger partial charge in [0.25, 0.3) is 5.56 Å². The predicted octanol–water partition coefficient (Wildman–Crippen LogP) is 6.91. The standard InChI is InChI=1S/C23H17Cl3N2O3S2/c24-15-8-7-13(19(25)20(15)26)16(29)11-32-23-27-21-18(14-5-1-2-6-17(14)33-21)22(30)28(23)10-12-4-3-9-31-12/h3-4,7-9H,1-2,5-6,10-11H2. The van der Waals surface area contributed by atoms with E-state index in [0.717, 1.165) is 36.1 Å². The zero-order chi connectivity index (χ0) is 23.1. The minimum Gasteiger partial charge on any atom is -0.467 e. The summed E-state index contributed by atoms with van der Waals surface area (Å²) in [6.45, 7) is 0.240. The van der Waals surface area contributed by atoms with Gasteiger partial charge in [0.05, 0.1) is 39.0 Å². The summed E-state index contributed by atoms with van der Waals surface area (Å²) in [6.07, 6.45) is 5.65. The molecule has 5 rings (SSSR count). The van der Waals surface area contributed by atoms with Crippen LogP contribution in [0.3, 0.4) is 0 Å². The van der Waals surface area contributed by atoms with Crippen LogP contribution in [0.5, 0.6) is 0 Å². The van der Waals surface area contributed by atoms with E-state index in [-0.39, 0.29) is 44.3 Å². The van der Waals surface area contributed by atoms with Crippen LogP contribution in [0.4, 0.5) is 0 Å². The Morgan fingerprint density at radius 1 is 1.15 bits per heavy atom. The Labute approximate surface area is 212 Å². The average Bonchev–Trinajstić information content (AvgIpc) is 3.45. The third-order valence-corrected chi connectivity index (χ3v) is 9.06. The van der Waals surface area contributed by atoms with Crippen molar-refractivity contribution in [3.8, 4) is 0 Å². The van der Waals surface area contributed by atoms with E-state index >= 15 is 0 Å². The minimum atomic E-state index is -0.229. The lowest BCUT2D eigenvalue weighted by Crippen LogP contribution is -2.24. The van der Waals surface area contributed by atoms with Crippen molar-refractivity contribution in [2.75, 3.05) is 5.75 Å². The van der Waals surface area contributed by atoms with Gasteiger partial charge in [-0.25, -0.2) is 4.98 Å². The number of halogens is 3. The highest BCUT2D eigenvalue weighted by atomic mass is 35.5. The van der Waals surface area contributed by atoms with E-state index in [0.29, 0.717) is 16.3 Å². The molecule has 10 heteroatoms. The van der Waals surface area contributed by atoms with Crippen molar-refractivity contribution < 1.29 is 9.21 Å². The van der Waals surface area contributed by atoms with Crippen molar-refractivity contribution in [2.45, 2.75) is 37.4 Å². The highest BCUT2D eigenvalue weighted by Gasteiger charge is 2.23. The van der Waals surface area contributed by atoms with E-state index in [1.807, 2.05) is 6.07 Å². The molecular formula is C23H17Cl3N2O3S2. The SMILES string of the molecule is O=C(CSc1nc2sc3c(c2c(=O)n1Cc1ccco1)CCCC3)c1ccc(Cl)c(Cl)c1Cl. The van der Waals surface area contributed by atoms with Gasteiger partial charge in [-0.05, 0) is 55.5 Å². The Bertz CT molecular complexity index is 1430. The van der Waals surface area contributed by atoms with Crippen molar-refractivity contribution >= 4 is 73.9 Å². The molecule has 0 spiro atoms. The number of hydrogen-bond donors (Lipinski definition) is 0. The predicted molar refractivity (Wildman–Crippen MR) is 135 cm³/mol. The van der Waals surface area contributed by atoms with Gasteiger partial charge >= 0.3 is 0 Å². The third-order valence-electron chi connectivity index (χ3n) is 5.60. The summed E-state index contributed by atoms with van der Waals surface area (Å²) in [6, 6.07) is 6.69. The number of aromatic nitrogens is 2. The fourth-order valence-electron chi connectivity index (χ4n) is 3.98. The van der Waals surface area contributed by atoms with Crippen LogP contribution in [0, 0.1) is 0 Å². The zero-order valence-corrected chi connectivity index (χ0v) is 21.1. The second-order valence-corrected chi connectivity index (χ2v) is 10.9. The quantitative estimate of drug-likeness (QED) is 0.115. The molecule has 1 aromatic carbocycles. The molecule has 0 aliphatic heterocycles. The fraction of sp³-hybridized carbons (Fsp3) is 0.261. The summed E-state index contributed by atoms with van der Waals surface area (Å²) in [5.74, 6) is 0.453. The van der Waals surface area contributed by atoms with Crippen LogP contribution in [0.2, 0.25) is 15.1 Å². The lowest BCUT2D eigenvalue weighted by Gasteiger charge is -2.13.